The van der Waals surface area contributed by atoms with Crippen molar-refractivity contribution < 1.29 is 19.9 Å². The van der Waals surface area contributed by atoms with Crippen LogP contribution in [0.1, 0.15) is 25.5 Å². The molecule has 0 radical (unpaired) electrons. The molecule has 2 N–H and O–H groups in total. The third kappa shape index (κ3) is 2.50. The molecule has 126 valence electrons. The van der Waals surface area contributed by atoms with Gasteiger partial charge in [-0.05, 0) is 26.0 Å². The van der Waals surface area contributed by atoms with Crippen LogP contribution in [0.5, 0.6) is 11.5 Å². The number of aromatic nitrogens is 1. The fraction of sp³-hybridized carbons (Fsp3) is 0.312. The van der Waals surface area contributed by atoms with E-state index in [9.17, 15) is 25.1 Å². The van der Waals surface area contributed by atoms with Gasteiger partial charge >= 0.3 is 0 Å². The predicted molar refractivity (Wildman–Crippen MR) is 84.3 cm³/mol. The highest BCUT2D eigenvalue weighted by molar-refractivity contribution is 5.48. The lowest BCUT2D eigenvalue weighted by molar-refractivity contribution is -0.385. The highest BCUT2D eigenvalue weighted by Crippen LogP contribution is 2.42. The minimum absolute atomic E-state index is 0.155. The van der Waals surface area contributed by atoms with E-state index in [1.807, 2.05) is 0 Å². The van der Waals surface area contributed by atoms with E-state index in [1.54, 1.807) is 13.8 Å². The van der Waals surface area contributed by atoms with Crippen molar-refractivity contribution in [2.24, 2.45) is 0 Å². The number of pyridine rings is 1. The molecule has 0 aliphatic carbocycles. The summed E-state index contributed by atoms with van der Waals surface area (Å²) in [7, 11) is 0. The van der Waals surface area contributed by atoms with E-state index >= 15 is 0 Å². The summed E-state index contributed by atoms with van der Waals surface area (Å²) in [4.78, 5) is 22.7. The maximum atomic E-state index is 12.2. The number of hydrogen-bond acceptors (Lipinski definition) is 6. The molecule has 2 aromatic rings. The number of nitro groups is 1. The van der Waals surface area contributed by atoms with Crippen LogP contribution in [0.25, 0.3) is 0 Å². The van der Waals surface area contributed by atoms with Crippen molar-refractivity contribution >= 4 is 5.69 Å². The molecule has 3 rings (SSSR count). The number of nitrogens with zero attached hydrogens (tertiary/aromatic N) is 2. The number of fused-ring (bicyclic) bond motifs is 1. The Morgan fingerprint density at radius 3 is 2.67 bits per heavy atom. The van der Waals surface area contributed by atoms with E-state index in [0.717, 1.165) is 4.57 Å². The van der Waals surface area contributed by atoms with Crippen LogP contribution in [0.2, 0.25) is 0 Å². The lowest BCUT2D eigenvalue weighted by Crippen LogP contribution is -2.52. The summed E-state index contributed by atoms with van der Waals surface area (Å²) in [6, 6.07) is 5.50. The molecule has 1 aliphatic heterocycles. The van der Waals surface area contributed by atoms with Gasteiger partial charge in [0.1, 0.15) is 23.2 Å². The van der Waals surface area contributed by atoms with Crippen LogP contribution in [0.3, 0.4) is 0 Å². The van der Waals surface area contributed by atoms with Crippen LogP contribution >= 0.6 is 0 Å². The number of aliphatic hydroxyl groups is 1. The molecule has 0 amide bonds. The Balaban J connectivity index is 2.27. The number of nitro benzene ring substituents is 1. The van der Waals surface area contributed by atoms with Gasteiger partial charge in [0.05, 0.1) is 11.0 Å². The Labute approximate surface area is 136 Å². The zero-order valence-corrected chi connectivity index (χ0v) is 13.0. The summed E-state index contributed by atoms with van der Waals surface area (Å²) in [5.74, 6) is 0.189. The molecule has 1 aromatic carbocycles. The molecular weight excluding hydrogens is 316 g/mol. The van der Waals surface area contributed by atoms with Gasteiger partial charge in [0.15, 0.2) is 0 Å². The number of rotatable bonds is 2. The van der Waals surface area contributed by atoms with Gasteiger partial charge in [-0.15, -0.1) is 0 Å². The van der Waals surface area contributed by atoms with E-state index in [0.29, 0.717) is 11.3 Å². The lowest BCUT2D eigenvalue weighted by atomic mass is 9.86. The highest BCUT2D eigenvalue weighted by atomic mass is 16.6. The van der Waals surface area contributed by atoms with E-state index in [2.05, 4.69) is 0 Å². The summed E-state index contributed by atoms with van der Waals surface area (Å²) in [5, 5.41) is 31.5. The molecule has 8 heteroatoms. The monoisotopic (exact) mass is 332 g/mol. The average molecular weight is 332 g/mol. The molecule has 1 aromatic heterocycles. The second kappa shape index (κ2) is 5.34. The number of hydrogen-bond donors (Lipinski definition) is 2. The number of benzene rings is 1. The van der Waals surface area contributed by atoms with Crippen molar-refractivity contribution in [3.63, 3.8) is 0 Å². The summed E-state index contributed by atoms with van der Waals surface area (Å²) in [5.41, 5.74) is -1.35. The Kier molecular flexibility index (Phi) is 3.56. The van der Waals surface area contributed by atoms with Crippen LogP contribution in [-0.4, -0.2) is 31.4 Å². The minimum atomic E-state index is -1.16. The molecule has 24 heavy (non-hydrogen) atoms. The molecule has 1 aliphatic rings. The largest absolute Gasteiger partial charge is 0.506 e. The van der Waals surface area contributed by atoms with E-state index in [-0.39, 0.29) is 11.4 Å². The predicted octanol–water partition coefficient (Wildman–Crippen LogP) is 1.58. The van der Waals surface area contributed by atoms with Crippen LogP contribution < -0.4 is 10.3 Å². The Bertz CT molecular complexity index is 873. The number of ether oxygens (including phenoxy) is 1. The number of aliphatic hydroxyl groups excluding tert-OH is 1. The SMILES string of the molecule is CC1(C)Oc2ccc([N+](=O)[O-])cc2C(n2cc(O)ccc2=O)C1O. The van der Waals surface area contributed by atoms with Gasteiger partial charge in [-0.25, -0.2) is 0 Å². The van der Waals surface area contributed by atoms with Crippen molar-refractivity contribution in [1.29, 1.82) is 0 Å². The van der Waals surface area contributed by atoms with Crippen LogP contribution in [0.15, 0.2) is 41.3 Å². The molecule has 0 fully saturated rings. The van der Waals surface area contributed by atoms with Crippen molar-refractivity contribution in [3.8, 4) is 11.5 Å². The summed E-state index contributed by atoms with van der Waals surface area (Å²) < 4.78 is 6.90. The van der Waals surface area contributed by atoms with Crippen molar-refractivity contribution in [3.05, 3.63) is 62.6 Å². The molecule has 0 bridgehead atoms. The Hall–Kier alpha value is -2.87. The molecule has 2 atom stereocenters. The van der Waals surface area contributed by atoms with Gasteiger partial charge in [0, 0.05) is 30.0 Å². The maximum Gasteiger partial charge on any atom is 0.270 e. The van der Waals surface area contributed by atoms with Gasteiger partial charge in [0.25, 0.3) is 11.2 Å². The molecule has 0 saturated carbocycles. The molecule has 0 spiro atoms. The fourth-order valence-electron chi connectivity index (χ4n) is 2.88. The Morgan fingerprint density at radius 1 is 1.29 bits per heavy atom. The summed E-state index contributed by atoms with van der Waals surface area (Å²) in [6.07, 6.45) is 0.0340. The van der Waals surface area contributed by atoms with Gasteiger partial charge in [-0.2, -0.15) is 0 Å². The van der Waals surface area contributed by atoms with E-state index in [4.69, 9.17) is 4.74 Å². The normalized spacial score (nSPS) is 21.6. The zero-order valence-electron chi connectivity index (χ0n) is 13.0. The molecule has 2 unspecified atom stereocenters. The first-order chi connectivity index (χ1) is 11.2. The first-order valence-electron chi connectivity index (χ1n) is 7.27. The number of aromatic hydroxyl groups is 1. The van der Waals surface area contributed by atoms with Crippen LogP contribution in [0.4, 0.5) is 5.69 Å². The molecule has 8 nitrogen and oxygen atoms in total. The summed E-state index contributed by atoms with van der Waals surface area (Å²) in [6.45, 7) is 3.31. The van der Waals surface area contributed by atoms with Gasteiger partial charge < -0.3 is 19.5 Å². The second-order valence-corrected chi connectivity index (χ2v) is 6.21. The second-order valence-electron chi connectivity index (χ2n) is 6.21. The smallest absolute Gasteiger partial charge is 0.270 e. The van der Waals surface area contributed by atoms with Crippen molar-refractivity contribution in [2.75, 3.05) is 0 Å². The van der Waals surface area contributed by atoms with Crippen molar-refractivity contribution in [2.45, 2.75) is 31.6 Å². The minimum Gasteiger partial charge on any atom is -0.506 e. The topological polar surface area (TPSA) is 115 Å². The highest BCUT2D eigenvalue weighted by Gasteiger charge is 2.44. The quantitative estimate of drug-likeness (QED) is 0.637. The molecular formula is C16H16N2O6. The van der Waals surface area contributed by atoms with Crippen LogP contribution in [-0.2, 0) is 0 Å². The van der Waals surface area contributed by atoms with E-state index in [1.165, 1.54) is 36.5 Å². The third-order valence-electron chi connectivity index (χ3n) is 4.13. The third-order valence-corrected chi connectivity index (χ3v) is 4.13. The molecule has 2 heterocycles. The van der Waals surface area contributed by atoms with Crippen LogP contribution in [0, 0.1) is 10.1 Å². The molecule has 0 saturated heterocycles. The zero-order chi connectivity index (χ0) is 17.6. The maximum absolute atomic E-state index is 12.2. The van der Waals surface area contributed by atoms with Gasteiger partial charge in [0.2, 0.25) is 0 Å². The standard InChI is InChI=1S/C16H16N2O6/c1-16(2)15(21)14(17-8-10(19)4-6-13(17)20)11-7-9(18(22)23)3-5-12(11)24-16/h3-8,14-15,19,21H,1-2H3. The summed E-state index contributed by atoms with van der Waals surface area (Å²) >= 11 is 0. The Morgan fingerprint density at radius 2 is 2.00 bits per heavy atom. The fourth-order valence-corrected chi connectivity index (χ4v) is 2.88. The number of non-ortho nitro benzene ring substituents is 1. The first-order valence-corrected chi connectivity index (χ1v) is 7.27. The first kappa shape index (κ1) is 16.0. The lowest BCUT2D eigenvalue weighted by Gasteiger charge is -2.42. The van der Waals surface area contributed by atoms with Gasteiger partial charge in [-0.3, -0.25) is 14.9 Å². The average Bonchev–Trinajstić information content (AvgIpc) is 2.50. The van der Waals surface area contributed by atoms with Crippen molar-refractivity contribution in [1.82, 2.24) is 4.57 Å². The van der Waals surface area contributed by atoms with E-state index < -0.39 is 28.2 Å². The van der Waals surface area contributed by atoms with Gasteiger partial charge in [-0.1, -0.05) is 0 Å².